The number of pyridine rings is 3. The van der Waals surface area contributed by atoms with E-state index in [4.69, 9.17) is 4.74 Å². The number of alkyl halides is 4. The Kier molecular flexibility index (Phi) is 6.32. The minimum Gasteiger partial charge on any atom is -0.365 e. The molecule has 4 aromatic heterocycles. The van der Waals surface area contributed by atoms with Gasteiger partial charge in [0.15, 0.2) is 17.6 Å². The average molecular weight is 544 g/mol. The first kappa shape index (κ1) is 25.4. The van der Waals surface area contributed by atoms with Crippen molar-refractivity contribution in [3.8, 4) is 11.4 Å². The van der Waals surface area contributed by atoms with E-state index in [9.17, 15) is 22.4 Å². The first-order valence-electron chi connectivity index (χ1n) is 12.7. The van der Waals surface area contributed by atoms with Crippen LogP contribution in [0.15, 0.2) is 36.8 Å². The molecule has 1 saturated heterocycles. The van der Waals surface area contributed by atoms with Crippen molar-refractivity contribution in [2.45, 2.75) is 32.0 Å². The summed E-state index contributed by atoms with van der Waals surface area (Å²) in [5.41, 5.74) is 2.51. The number of aryl methyl sites for hydroxylation is 1. The molecule has 0 bridgehead atoms. The second-order valence-electron chi connectivity index (χ2n) is 9.81. The van der Waals surface area contributed by atoms with Crippen molar-refractivity contribution in [1.82, 2.24) is 24.6 Å². The Morgan fingerprint density at radius 3 is 2.79 bits per heavy atom. The Labute approximate surface area is 220 Å². The number of nitrogens with zero attached hydrogens (tertiary/aromatic N) is 6. The zero-order valence-corrected chi connectivity index (χ0v) is 21.0. The van der Waals surface area contributed by atoms with Crippen LogP contribution >= 0.6 is 0 Å². The van der Waals surface area contributed by atoms with Crippen LogP contribution in [0.5, 0.6) is 0 Å². The molecule has 2 fully saturated rings. The number of anilines is 2. The third kappa shape index (κ3) is 4.86. The fourth-order valence-electron chi connectivity index (χ4n) is 4.93. The zero-order valence-electron chi connectivity index (χ0n) is 21.0. The van der Waals surface area contributed by atoms with E-state index in [0.29, 0.717) is 47.9 Å². The van der Waals surface area contributed by atoms with Gasteiger partial charge in [0.05, 0.1) is 31.7 Å². The van der Waals surface area contributed by atoms with Gasteiger partial charge in [-0.05, 0) is 37.0 Å². The normalized spacial score (nSPS) is 21.5. The number of ether oxygens (including phenoxy) is 1. The van der Waals surface area contributed by atoms with E-state index in [2.05, 4.69) is 25.4 Å². The number of fused-ring (bicyclic) bond motifs is 2. The third-order valence-corrected chi connectivity index (χ3v) is 7.25. The first-order chi connectivity index (χ1) is 18.7. The maximum Gasteiger partial charge on any atom is 0.416 e. The van der Waals surface area contributed by atoms with Crippen LogP contribution in [0.2, 0.25) is 0 Å². The predicted molar refractivity (Wildman–Crippen MR) is 135 cm³/mol. The van der Waals surface area contributed by atoms with E-state index in [1.807, 2.05) is 6.92 Å². The molecule has 1 saturated carbocycles. The minimum absolute atomic E-state index is 0.0334. The fourth-order valence-corrected chi connectivity index (χ4v) is 4.93. The molecule has 0 radical (unpaired) electrons. The van der Waals surface area contributed by atoms with Crippen molar-refractivity contribution in [2.75, 3.05) is 36.6 Å². The zero-order chi connectivity index (χ0) is 27.3. The maximum atomic E-state index is 13.2. The van der Waals surface area contributed by atoms with Crippen molar-refractivity contribution >= 4 is 33.8 Å². The van der Waals surface area contributed by atoms with Crippen molar-refractivity contribution in [2.24, 2.45) is 11.8 Å². The highest BCUT2D eigenvalue weighted by Gasteiger charge is 2.44. The second kappa shape index (κ2) is 9.70. The summed E-state index contributed by atoms with van der Waals surface area (Å²) in [7, 11) is 0. The summed E-state index contributed by atoms with van der Waals surface area (Å²) in [6, 6.07) is 5.14. The molecule has 2 aliphatic rings. The molecule has 1 N–H and O–H groups in total. The number of carbonyl (C=O) groups excluding carboxylic acids is 1. The van der Waals surface area contributed by atoms with Crippen LogP contribution in [-0.2, 0) is 16.0 Å². The molecule has 0 aromatic carbocycles. The summed E-state index contributed by atoms with van der Waals surface area (Å²) < 4.78 is 58.9. The molecule has 13 heteroatoms. The monoisotopic (exact) mass is 543 g/mol. The molecule has 1 amide bonds. The third-order valence-electron chi connectivity index (χ3n) is 7.25. The average Bonchev–Trinajstić information content (AvgIpc) is 3.62. The predicted octanol–water partition coefficient (Wildman–Crippen LogP) is 4.21. The van der Waals surface area contributed by atoms with Crippen molar-refractivity contribution in [3.05, 3.63) is 42.5 Å². The number of halogens is 4. The van der Waals surface area contributed by atoms with Gasteiger partial charge in [-0.2, -0.15) is 13.2 Å². The van der Waals surface area contributed by atoms with E-state index in [-0.39, 0.29) is 30.9 Å². The highest BCUT2D eigenvalue weighted by Crippen LogP contribution is 2.39. The van der Waals surface area contributed by atoms with E-state index >= 15 is 0 Å². The number of rotatable bonds is 6. The van der Waals surface area contributed by atoms with E-state index in [1.54, 1.807) is 41.7 Å². The summed E-state index contributed by atoms with van der Waals surface area (Å²) >= 11 is 0. The molecule has 0 spiro atoms. The Hall–Kier alpha value is -3.87. The lowest BCUT2D eigenvalue weighted by Crippen LogP contribution is -2.49. The largest absolute Gasteiger partial charge is 0.416 e. The number of nitrogens with one attached hydrogen (secondary N) is 1. The van der Waals surface area contributed by atoms with Gasteiger partial charge < -0.3 is 15.0 Å². The molecule has 1 aliphatic heterocycles. The van der Waals surface area contributed by atoms with Gasteiger partial charge in [-0.15, -0.1) is 5.10 Å². The molecule has 3 atom stereocenters. The van der Waals surface area contributed by atoms with Crippen LogP contribution < -0.4 is 10.2 Å². The van der Waals surface area contributed by atoms with Crippen molar-refractivity contribution in [1.29, 1.82) is 0 Å². The minimum atomic E-state index is -4.44. The first-order valence-corrected chi connectivity index (χ1v) is 12.7. The fraction of sp³-hybridized carbons (Fsp3) is 0.423. The Morgan fingerprint density at radius 2 is 2.05 bits per heavy atom. The number of hydrogen-bond donors (Lipinski definition) is 1. The van der Waals surface area contributed by atoms with Gasteiger partial charge in [0.2, 0.25) is 5.91 Å². The molecule has 5 heterocycles. The molecule has 9 nitrogen and oxygen atoms in total. The summed E-state index contributed by atoms with van der Waals surface area (Å²) in [4.78, 5) is 27.6. The number of morpholine rings is 1. The van der Waals surface area contributed by atoms with Gasteiger partial charge in [-0.25, -0.2) is 14.5 Å². The SMILES string of the molecule is CCc1ncc(-c2nc3ccc(N4CCO[C@H](C(F)(F)F)C4)cn3n2)c2cc(NC(=O)[C@H]3C[C@H]3CF)ncc12. The smallest absolute Gasteiger partial charge is 0.365 e. The van der Waals surface area contributed by atoms with Crippen LogP contribution in [0.4, 0.5) is 29.1 Å². The Morgan fingerprint density at radius 1 is 1.21 bits per heavy atom. The molecule has 6 rings (SSSR count). The lowest BCUT2D eigenvalue weighted by atomic mass is 10.1. The highest BCUT2D eigenvalue weighted by molar-refractivity contribution is 6.00. The highest BCUT2D eigenvalue weighted by atomic mass is 19.4. The van der Waals surface area contributed by atoms with E-state index < -0.39 is 19.0 Å². The molecule has 39 heavy (non-hydrogen) atoms. The van der Waals surface area contributed by atoms with Gasteiger partial charge >= 0.3 is 6.18 Å². The van der Waals surface area contributed by atoms with Crippen molar-refractivity contribution in [3.63, 3.8) is 0 Å². The van der Waals surface area contributed by atoms with Crippen LogP contribution in [0.25, 0.3) is 27.8 Å². The molecular weight excluding hydrogens is 518 g/mol. The van der Waals surface area contributed by atoms with Gasteiger partial charge in [0, 0.05) is 46.9 Å². The standard InChI is InChI=1S/C26H25F4N7O2/c1-2-20-18-10-32-22(33-25(38)16-7-14(16)9-27)8-17(18)19(11-31-20)24-34-23-4-3-15(12-37(23)35-24)36-5-6-39-21(13-36)26(28,29)30/h3-4,8,10-12,14,16,21H,2,5-7,9,13H2,1H3,(H,32,33,38)/t14-,16-,21-/m0/s1. The van der Waals surface area contributed by atoms with Crippen LogP contribution in [0.3, 0.4) is 0 Å². The Balaban J connectivity index is 1.33. The molecule has 4 aromatic rings. The Bertz CT molecular complexity index is 1560. The quantitative estimate of drug-likeness (QED) is 0.364. The van der Waals surface area contributed by atoms with Crippen LogP contribution in [0, 0.1) is 11.8 Å². The van der Waals surface area contributed by atoms with E-state index in [1.165, 1.54) is 4.52 Å². The van der Waals surface area contributed by atoms with Gasteiger partial charge in [-0.1, -0.05) is 6.92 Å². The number of amides is 1. The molecular formula is C26H25F4N7O2. The van der Waals surface area contributed by atoms with Gasteiger partial charge in [-0.3, -0.25) is 14.2 Å². The molecule has 1 aliphatic carbocycles. The number of aromatic nitrogens is 5. The van der Waals surface area contributed by atoms with E-state index in [0.717, 1.165) is 16.5 Å². The summed E-state index contributed by atoms with van der Waals surface area (Å²) in [5.74, 6) is -0.136. The lowest BCUT2D eigenvalue weighted by molar-refractivity contribution is -0.221. The summed E-state index contributed by atoms with van der Waals surface area (Å²) in [6.45, 7) is 1.43. The summed E-state index contributed by atoms with van der Waals surface area (Å²) in [6.07, 6.45) is -0.159. The second-order valence-corrected chi connectivity index (χ2v) is 9.81. The number of carbonyl (C=O) groups is 1. The molecule has 204 valence electrons. The van der Waals surface area contributed by atoms with Crippen molar-refractivity contribution < 1.29 is 27.1 Å². The van der Waals surface area contributed by atoms with Gasteiger partial charge in [0.1, 0.15) is 5.82 Å². The molecule has 0 unspecified atom stereocenters. The maximum absolute atomic E-state index is 13.2. The number of hydrogen-bond acceptors (Lipinski definition) is 7. The summed E-state index contributed by atoms with van der Waals surface area (Å²) in [5, 5.41) is 8.90. The lowest BCUT2D eigenvalue weighted by Gasteiger charge is -2.35. The van der Waals surface area contributed by atoms with Gasteiger partial charge in [0.25, 0.3) is 0 Å². The van der Waals surface area contributed by atoms with Crippen LogP contribution in [0.1, 0.15) is 19.0 Å². The topological polar surface area (TPSA) is 97.5 Å². The van der Waals surface area contributed by atoms with Crippen LogP contribution in [-0.4, -0.2) is 69.1 Å².